The molecule has 0 unspecified atom stereocenters. The zero-order valence-corrected chi connectivity index (χ0v) is 21.3. The number of hydrogen-bond acceptors (Lipinski definition) is 4. The Morgan fingerprint density at radius 3 is 2.54 bits per heavy atom. The Bertz CT molecular complexity index is 1160. The minimum Gasteiger partial charge on any atom is -0.494 e. The molecule has 0 bridgehead atoms. The molecule has 3 aromatic rings. The second-order valence-electron chi connectivity index (χ2n) is 8.36. The highest BCUT2D eigenvalue weighted by Gasteiger charge is 2.27. The molecule has 0 radical (unpaired) electrons. The van der Waals surface area contributed by atoms with E-state index < -0.39 is 6.03 Å². The molecule has 0 spiro atoms. The number of urea groups is 1. The van der Waals surface area contributed by atoms with Gasteiger partial charge in [-0.25, -0.2) is 9.10 Å². The molecule has 1 saturated heterocycles. The van der Waals surface area contributed by atoms with Crippen molar-refractivity contribution in [2.24, 2.45) is 5.73 Å². The summed E-state index contributed by atoms with van der Waals surface area (Å²) in [5.41, 5.74) is 9.42. The number of hydrogen-bond donors (Lipinski definition) is 2. The van der Waals surface area contributed by atoms with Crippen molar-refractivity contribution in [1.29, 1.82) is 0 Å². The molecule has 35 heavy (non-hydrogen) atoms. The molecule has 182 valence electrons. The first-order valence-corrected chi connectivity index (χ1v) is 12.6. The maximum atomic E-state index is 11.3. The number of benzene rings is 3. The first-order chi connectivity index (χ1) is 17.0. The van der Waals surface area contributed by atoms with Crippen LogP contribution in [-0.4, -0.2) is 42.3 Å². The van der Waals surface area contributed by atoms with Crippen LogP contribution in [0.2, 0.25) is 0 Å². The molecule has 0 aliphatic carbocycles. The summed E-state index contributed by atoms with van der Waals surface area (Å²) in [4.78, 5) is 15.8. The second-order valence-corrected chi connectivity index (χ2v) is 9.13. The number of ether oxygens (including phenoxy) is 1. The number of nitrogens with zero attached hydrogens (tertiary/aromatic N) is 3. The molecular formula is C27H30N4O2S2. The van der Waals surface area contributed by atoms with Gasteiger partial charge >= 0.3 is 6.03 Å². The fraction of sp³-hybridized carbons (Fsp3) is 0.259. The van der Waals surface area contributed by atoms with Crippen LogP contribution in [-0.2, 0) is 0 Å². The maximum absolute atomic E-state index is 11.3. The van der Waals surface area contributed by atoms with Crippen LogP contribution in [0.1, 0.15) is 19.3 Å². The van der Waals surface area contributed by atoms with Crippen molar-refractivity contribution in [2.45, 2.75) is 19.3 Å². The molecule has 4 rings (SSSR count). The number of rotatable bonds is 10. The second kappa shape index (κ2) is 12.0. The lowest BCUT2D eigenvalue weighted by molar-refractivity contribution is 0.257. The van der Waals surface area contributed by atoms with E-state index in [1.807, 2.05) is 18.2 Å². The Morgan fingerprint density at radius 2 is 1.74 bits per heavy atom. The highest BCUT2D eigenvalue weighted by molar-refractivity contribution is 7.82. The summed E-state index contributed by atoms with van der Waals surface area (Å²) < 4.78 is 6.93. The van der Waals surface area contributed by atoms with Crippen LogP contribution in [0.3, 0.4) is 0 Å². The van der Waals surface area contributed by atoms with Crippen molar-refractivity contribution in [3.63, 3.8) is 0 Å². The SMILES string of the molecule is NC(=O)N(S)c1cccc(OCCCCCN2CCN(c3ccccc3-c3ccccc3)C2=S)c1. The van der Waals surface area contributed by atoms with E-state index in [1.165, 1.54) is 11.1 Å². The lowest BCUT2D eigenvalue weighted by atomic mass is 10.0. The molecule has 8 heteroatoms. The topological polar surface area (TPSA) is 62.0 Å². The molecule has 1 aliphatic rings. The van der Waals surface area contributed by atoms with Crippen molar-refractivity contribution < 1.29 is 9.53 Å². The number of nitrogens with two attached hydrogens (primary N) is 1. The van der Waals surface area contributed by atoms with E-state index in [-0.39, 0.29) is 0 Å². The Morgan fingerprint density at radius 1 is 0.971 bits per heavy atom. The lowest BCUT2D eigenvalue weighted by Gasteiger charge is -2.24. The predicted molar refractivity (Wildman–Crippen MR) is 150 cm³/mol. The summed E-state index contributed by atoms with van der Waals surface area (Å²) in [5.74, 6) is 0.691. The molecule has 3 aromatic carbocycles. The van der Waals surface area contributed by atoms with Gasteiger partial charge in [0, 0.05) is 31.3 Å². The minimum atomic E-state index is -0.632. The summed E-state index contributed by atoms with van der Waals surface area (Å²) in [6.45, 7) is 3.38. The predicted octanol–water partition coefficient (Wildman–Crippen LogP) is 5.74. The molecule has 2 amide bonds. The molecule has 0 aromatic heterocycles. The average molecular weight is 507 g/mol. The van der Waals surface area contributed by atoms with Crippen LogP contribution < -0.4 is 19.7 Å². The van der Waals surface area contributed by atoms with Gasteiger partial charge in [0.2, 0.25) is 0 Å². The summed E-state index contributed by atoms with van der Waals surface area (Å²) in [5, 5.41) is 0.896. The van der Waals surface area contributed by atoms with Gasteiger partial charge in [-0.1, -0.05) is 67.4 Å². The third-order valence-corrected chi connectivity index (χ3v) is 6.89. The van der Waals surface area contributed by atoms with Crippen molar-refractivity contribution in [2.75, 3.05) is 35.4 Å². The van der Waals surface area contributed by atoms with E-state index in [4.69, 9.17) is 22.7 Å². The highest BCUT2D eigenvalue weighted by Crippen LogP contribution is 2.33. The van der Waals surface area contributed by atoms with Crippen LogP contribution in [0.15, 0.2) is 78.9 Å². The van der Waals surface area contributed by atoms with Crippen LogP contribution in [0.25, 0.3) is 11.1 Å². The molecule has 0 saturated carbocycles. The van der Waals surface area contributed by atoms with Gasteiger partial charge in [-0.05, 0) is 55.2 Å². The van der Waals surface area contributed by atoms with Gasteiger partial charge in [-0.3, -0.25) is 0 Å². The smallest absolute Gasteiger partial charge is 0.329 e. The number of carbonyl (C=O) groups excluding carboxylic acids is 1. The zero-order valence-electron chi connectivity index (χ0n) is 19.5. The third-order valence-electron chi connectivity index (χ3n) is 5.99. The molecule has 6 nitrogen and oxygen atoms in total. The van der Waals surface area contributed by atoms with Gasteiger partial charge in [-0.2, -0.15) is 0 Å². The van der Waals surface area contributed by atoms with E-state index >= 15 is 0 Å². The van der Waals surface area contributed by atoms with E-state index in [9.17, 15) is 4.79 Å². The number of primary amides is 1. The van der Waals surface area contributed by atoms with Gasteiger partial charge in [0.1, 0.15) is 5.75 Å². The molecule has 1 heterocycles. The summed E-state index contributed by atoms with van der Waals surface area (Å²) in [6.07, 6.45) is 3.02. The average Bonchev–Trinajstić information content (AvgIpc) is 3.26. The van der Waals surface area contributed by atoms with Gasteiger partial charge < -0.3 is 20.3 Å². The van der Waals surface area contributed by atoms with Crippen molar-refractivity contribution >= 4 is 47.6 Å². The summed E-state index contributed by atoms with van der Waals surface area (Å²) in [6, 6.07) is 25.5. The Balaban J connectivity index is 1.23. The van der Waals surface area contributed by atoms with Crippen LogP contribution in [0, 0.1) is 0 Å². The Labute approximate surface area is 217 Å². The number of unbranched alkanes of at least 4 members (excludes halogenated alkanes) is 2. The first kappa shape index (κ1) is 24.9. The van der Waals surface area contributed by atoms with E-state index in [0.29, 0.717) is 18.0 Å². The van der Waals surface area contributed by atoms with E-state index in [2.05, 4.69) is 71.1 Å². The maximum Gasteiger partial charge on any atom is 0.329 e. The van der Waals surface area contributed by atoms with Crippen LogP contribution >= 0.6 is 25.0 Å². The summed E-state index contributed by atoms with van der Waals surface area (Å²) in [7, 11) is 0. The van der Waals surface area contributed by atoms with Crippen LogP contribution in [0.4, 0.5) is 16.2 Å². The largest absolute Gasteiger partial charge is 0.494 e. The normalized spacial score (nSPS) is 13.2. The number of thiocarbonyl (C=S) groups is 1. The number of thiol groups is 1. The van der Waals surface area contributed by atoms with Gasteiger partial charge in [0.25, 0.3) is 0 Å². The fourth-order valence-corrected chi connectivity index (χ4v) is 4.68. The minimum absolute atomic E-state index is 0.583. The quantitative estimate of drug-likeness (QED) is 0.209. The van der Waals surface area contributed by atoms with Gasteiger partial charge in [0.15, 0.2) is 5.11 Å². The van der Waals surface area contributed by atoms with Crippen LogP contribution in [0.5, 0.6) is 5.75 Å². The number of anilines is 2. The zero-order chi connectivity index (χ0) is 24.6. The molecular weight excluding hydrogens is 476 g/mol. The Hall–Kier alpha value is -3.23. The van der Waals surface area contributed by atoms with Gasteiger partial charge in [0.05, 0.1) is 18.0 Å². The number of para-hydroxylation sites is 1. The molecule has 2 N–H and O–H groups in total. The third kappa shape index (κ3) is 6.26. The number of amides is 2. The Kier molecular flexibility index (Phi) is 8.50. The first-order valence-electron chi connectivity index (χ1n) is 11.8. The van der Waals surface area contributed by atoms with Crippen molar-refractivity contribution in [3.8, 4) is 16.9 Å². The molecule has 0 atom stereocenters. The van der Waals surface area contributed by atoms with Crippen molar-refractivity contribution in [3.05, 3.63) is 78.9 Å². The van der Waals surface area contributed by atoms with E-state index in [0.717, 1.165) is 54.0 Å². The van der Waals surface area contributed by atoms with E-state index in [1.54, 1.807) is 12.1 Å². The van der Waals surface area contributed by atoms with Gasteiger partial charge in [-0.15, -0.1) is 0 Å². The highest BCUT2D eigenvalue weighted by atomic mass is 32.1. The monoisotopic (exact) mass is 506 g/mol. The fourth-order valence-electron chi connectivity index (χ4n) is 4.19. The molecule has 1 aliphatic heterocycles. The summed E-state index contributed by atoms with van der Waals surface area (Å²) >= 11 is 9.94. The molecule has 1 fully saturated rings. The lowest BCUT2D eigenvalue weighted by Crippen LogP contribution is -2.32. The van der Waals surface area contributed by atoms with Crippen molar-refractivity contribution in [1.82, 2.24) is 4.90 Å². The number of carbonyl (C=O) groups is 1. The standard InChI is InChI=1S/C27H30N4O2S2/c28-26(32)31(35)22-12-9-13-23(20-22)33-19-8-2-7-16-29-17-18-30(27(29)34)25-15-6-5-14-24(25)21-10-3-1-4-11-21/h1,3-6,9-15,20,35H,2,7-8,16-19H2,(H2,28,32).